The lowest BCUT2D eigenvalue weighted by atomic mass is 9.98. The maximum atomic E-state index is 13.9. The first-order valence-electron chi connectivity index (χ1n) is 6.28. The summed E-state index contributed by atoms with van der Waals surface area (Å²) >= 11 is 0. The van der Waals surface area contributed by atoms with Gasteiger partial charge in [0, 0.05) is 11.1 Å². The Balaban J connectivity index is 2.51. The van der Waals surface area contributed by atoms with Crippen LogP contribution in [-0.4, -0.2) is 6.54 Å². The van der Waals surface area contributed by atoms with Gasteiger partial charge in [0.1, 0.15) is 23.2 Å². The van der Waals surface area contributed by atoms with E-state index in [9.17, 15) is 8.78 Å². The zero-order chi connectivity index (χ0) is 14.0. The van der Waals surface area contributed by atoms with Crippen LogP contribution in [0.4, 0.5) is 8.78 Å². The van der Waals surface area contributed by atoms with Crippen LogP contribution in [0.2, 0.25) is 0 Å². The van der Waals surface area contributed by atoms with Crippen LogP contribution < -0.4 is 5.32 Å². The van der Waals surface area contributed by atoms with Crippen LogP contribution in [0.1, 0.15) is 35.6 Å². The molecular weight excluding hydrogens is 248 g/mol. The fraction of sp³-hybridized carbons (Fsp3) is 0.333. The molecule has 1 heterocycles. The van der Waals surface area contributed by atoms with Crippen molar-refractivity contribution in [1.29, 1.82) is 0 Å². The van der Waals surface area contributed by atoms with Crippen LogP contribution in [0.15, 0.2) is 28.7 Å². The van der Waals surface area contributed by atoms with Gasteiger partial charge in [-0.3, -0.25) is 0 Å². The molecule has 0 radical (unpaired) electrons. The number of rotatable bonds is 4. The molecule has 0 aliphatic carbocycles. The number of aryl methyl sites for hydroxylation is 2. The maximum Gasteiger partial charge on any atom is 0.128 e. The van der Waals surface area contributed by atoms with E-state index in [0.29, 0.717) is 17.9 Å². The molecule has 2 rings (SSSR count). The van der Waals surface area contributed by atoms with Crippen molar-refractivity contribution in [2.45, 2.75) is 26.8 Å². The van der Waals surface area contributed by atoms with Gasteiger partial charge in [-0.05, 0) is 44.7 Å². The molecule has 1 N–H and O–H groups in total. The lowest BCUT2D eigenvalue weighted by molar-refractivity contribution is 0.491. The Kier molecular flexibility index (Phi) is 4.00. The first-order valence-corrected chi connectivity index (χ1v) is 6.28. The average molecular weight is 265 g/mol. The molecule has 2 aromatic rings. The lowest BCUT2D eigenvalue weighted by Gasteiger charge is -2.18. The molecule has 0 bridgehead atoms. The number of furan rings is 1. The maximum absolute atomic E-state index is 13.9. The molecule has 0 aliphatic rings. The number of hydrogen-bond donors (Lipinski definition) is 1. The van der Waals surface area contributed by atoms with Crippen LogP contribution >= 0.6 is 0 Å². The molecule has 0 saturated heterocycles. The molecule has 19 heavy (non-hydrogen) atoms. The van der Waals surface area contributed by atoms with Crippen LogP contribution in [0.3, 0.4) is 0 Å². The highest BCUT2D eigenvalue weighted by atomic mass is 19.1. The van der Waals surface area contributed by atoms with Gasteiger partial charge in [0.05, 0.1) is 6.04 Å². The van der Waals surface area contributed by atoms with Crippen LogP contribution in [0.25, 0.3) is 0 Å². The van der Waals surface area contributed by atoms with Gasteiger partial charge in [-0.2, -0.15) is 0 Å². The molecule has 1 aromatic heterocycles. The first-order chi connectivity index (χ1) is 9.02. The summed E-state index contributed by atoms with van der Waals surface area (Å²) < 4.78 is 32.8. The quantitative estimate of drug-likeness (QED) is 0.907. The SMILES string of the molecule is CCNC(c1cc(F)ccc1F)c1cc(C)oc1C. The van der Waals surface area contributed by atoms with Gasteiger partial charge in [-0.25, -0.2) is 8.78 Å². The zero-order valence-electron chi connectivity index (χ0n) is 11.3. The van der Waals surface area contributed by atoms with Crippen molar-refractivity contribution < 1.29 is 13.2 Å². The van der Waals surface area contributed by atoms with Gasteiger partial charge in [0.25, 0.3) is 0 Å². The van der Waals surface area contributed by atoms with Crippen molar-refractivity contribution >= 4 is 0 Å². The Bertz CT molecular complexity index is 578. The summed E-state index contributed by atoms with van der Waals surface area (Å²) in [6.07, 6.45) is 0. The molecular formula is C15H17F2NO. The normalized spacial score (nSPS) is 12.7. The minimum atomic E-state index is -0.447. The van der Waals surface area contributed by atoms with Gasteiger partial charge in [0.15, 0.2) is 0 Å². The van der Waals surface area contributed by atoms with Crippen LogP contribution in [0.5, 0.6) is 0 Å². The number of nitrogens with one attached hydrogen (secondary N) is 1. The fourth-order valence-corrected chi connectivity index (χ4v) is 2.26. The summed E-state index contributed by atoms with van der Waals surface area (Å²) in [4.78, 5) is 0. The van der Waals surface area contributed by atoms with Crippen molar-refractivity contribution in [2.24, 2.45) is 0 Å². The van der Waals surface area contributed by atoms with Gasteiger partial charge >= 0.3 is 0 Å². The summed E-state index contributed by atoms with van der Waals surface area (Å²) in [5, 5.41) is 3.17. The van der Waals surface area contributed by atoms with E-state index in [0.717, 1.165) is 23.5 Å². The topological polar surface area (TPSA) is 25.2 Å². The largest absolute Gasteiger partial charge is 0.466 e. The van der Waals surface area contributed by atoms with E-state index in [4.69, 9.17) is 4.42 Å². The monoisotopic (exact) mass is 265 g/mol. The molecule has 1 atom stereocenters. The lowest BCUT2D eigenvalue weighted by Crippen LogP contribution is -2.23. The average Bonchev–Trinajstić information content (AvgIpc) is 2.69. The van der Waals surface area contributed by atoms with E-state index >= 15 is 0 Å². The molecule has 1 unspecified atom stereocenters. The van der Waals surface area contributed by atoms with Gasteiger partial charge in [0.2, 0.25) is 0 Å². The van der Waals surface area contributed by atoms with E-state index in [1.165, 1.54) is 6.07 Å². The zero-order valence-corrected chi connectivity index (χ0v) is 11.3. The van der Waals surface area contributed by atoms with E-state index in [-0.39, 0.29) is 0 Å². The van der Waals surface area contributed by atoms with Crippen molar-refractivity contribution in [3.63, 3.8) is 0 Å². The number of halogens is 2. The van der Waals surface area contributed by atoms with Gasteiger partial charge in [-0.1, -0.05) is 6.92 Å². The van der Waals surface area contributed by atoms with E-state index in [2.05, 4.69) is 5.32 Å². The van der Waals surface area contributed by atoms with Gasteiger partial charge in [-0.15, -0.1) is 0 Å². The van der Waals surface area contributed by atoms with E-state index < -0.39 is 17.7 Å². The Morgan fingerprint density at radius 2 is 1.89 bits per heavy atom. The third kappa shape index (κ3) is 2.84. The molecule has 0 spiro atoms. The predicted molar refractivity (Wildman–Crippen MR) is 70.1 cm³/mol. The minimum Gasteiger partial charge on any atom is -0.466 e. The summed E-state index contributed by atoms with van der Waals surface area (Å²) in [6.45, 7) is 6.22. The molecule has 0 amide bonds. The summed E-state index contributed by atoms with van der Waals surface area (Å²) in [7, 11) is 0. The first kappa shape index (κ1) is 13.7. The highest BCUT2D eigenvalue weighted by Gasteiger charge is 2.21. The second-order valence-corrected chi connectivity index (χ2v) is 4.53. The predicted octanol–water partition coefficient (Wildman–Crippen LogP) is 3.87. The number of hydrogen-bond acceptors (Lipinski definition) is 2. The second kappa shape index (κ2) is 5.53. The van der Waals surface area contributed by atoms with E-state index in [1.807, 2.05) is 26.8 Å². The van der Waals surface area contributed by atoms with Crippen molar-refractivity contribution in [1.82, 2.24) is 5.32 Å². The highest BCUT2D eigenvalue weighted by molar-refractivity contribution is 5.35. The smallest absolute Gasteiger partial charge is 0.128 e. The van der Waals surface area contributed by atoms with E-state index in [1.54, 1.807) is 0 Å². The Hall–Kier alpha value is -1.68. The minimum absolute atomic E-state index is 0.297. The molecule has 102 valence electrons. The van der Waals surface area contributed by atoms with Crippen LogP contribution in [-0.2, 0) is 0 Å². The summed E-state index contributed by atoms with van der Waals surface area (Å²) in [5.41, 5.74) is 1.13. The summed E-state index contributed by atoms with van der Waals surface area (Å²) in [5.74, 6) is 0.599. The van der Waals surface area contributed by atoms with Crippen molar-refractivity contribution in [3.8, 4) is 0 Å². The molecule has 2 nitrogen and oxygen atoms in total. The molecule has 0 aliphatic heterocycles. The number of benzene rings is 1. The second-order valence-electron chi connectivity index (χ2n) is 4.53. The molecule has 0 saturated carbocycles. The highest BCUT2D eigenvalue weighted by Crippen LogP contribution is 2.29. The molecule has 4 heteroatoms. The standard InChI is InChI=1S/C15H17F2NO/c1-4-18-15(12-7-9(2)19-10(12)3)13-8-11(16)5-6-14(13)17/h5-8,15,18H,4H2,1-3H3. The summed E-state index contributed by atoms with van der Waals surface area (Å²) in [6, 6.07) is 4.95. The van der Waals surface area contributed by atoms with Crippen molar-refractivity contribution in [3.05, 3.63) is 58.5 Å². The van der Waals surface area contributed by atoms with Crippen molar-refractivity contribution in [2.75, 3.05) is 6.54 Å². The Morgan fingerprint density at radius 1 is 1.16 bits per heavy atom. The Morgan fingerprint density at radius 3 is 2.47 bits per heavy atom. The fourth-order valence-electron chi connectivity index (χ4n) is 2.26. The molecule has 0 fully saturated rings. The van der Waals surface area contributed by atoms with Crippen LogP contribution in [0, 0.1) is 25.5 Å². The Labute approximate surface area is 111 Å². The third-order valence-electron chi connectivity index (χ3n) is 3.07. The molecule has 1 aromatic carbocycles. The third-order valence-corrected chi connectivity index (χ3v) is 3.07. The van der Waals surface area contributed by atoms with Gasteiger partial charge < -0.3 is 9.73 Å².